The Morgan fingerprint density at radius 3 is 2.22 bits per heavy atom. The fourth-order valence-corrected chi connectivity index (χ4v) is 4.82. The van der Waals surface area contributed by atoms with Gasteiger partial charge in [0.15, 0.2) is 3.57 Å². The maximum Gasteiger partial charge on any atom is 0.358 e. The van der Waals surface area contributed by atoms with Crippen molar-refractivity contribution in [3.05, 3.63) is 60.2 Å². The molecule has 2 aromatic rings. The van der Waals surface area contributed by atoms with Gasteiger partial charge in [0.05, 0.1) is 7.11 Å². The Morgan fingerprint density at radius 2 is 1.61 bits per heavy atom. The summed E-state index contributed by atoms with van der Waals surface area (Å²) in [7, 11) is 1.76. The van der Waals surface area contributed by atoms with Gasteiger partial charge in [-0.2, -0.15) is 0 Å². The van der Waals surface area contributed by atoms with Crippen LogP contribution in [0.2, 0.25) is 0 Å². The number of benzene rings is 2. The number of aryl methyl sites for hydroxylation is 2. The molecule has 0 radical (unpaired) electrons. The first-order valence-corrected chi connectivity index (χ1v) is 8.14. The minimum absolute atomic E-state index is 0.130. The van der Waals surface area contributed by atoms with Crippen molar-refractivity contribution in [2.24, 2.45) is 0 Å². The molecule has 0 bridgehead atoms. The largest absolute Gasteiger partial charge is 0.496 e. The summed E-state index contributed by atoms with van der Waals surface area (Å²) >= 11 is -0.130. The van der Waals surface area contributed by atoms with Crippen molar-refractivity contribution in [3.63, 3.8) is 0 Å². The van der Waals surface area contributed by atoms with Gasteiger partial charge >= 0.3 is 21.2 Å². The number of halogens is 1. The minimum atomic E-state index is -0.130. The van der Waals surface area contributed by atoms with Crippen LogP contribution in [0.25, 0.3) is 0 Å². The molecule has 0 heterocycles. The minimum Gasteiger partial charge on any atom is -0.496 e. The zero-order chi connectivity index (χ0) is 13.1. The molecule has 1 nitrogen and oxygen atoms in total. The van der Waals surface area contributed by atoms with Crippen molar-refractivity contribution in [1.82, 2.24) is 0 Å². The van der Waals surface area contributed by atoms with Crippen LogP contribution in [0.5, 0.6) is 5.75 Å². The molecule has 18 heavy (non-hydrogen) atoms. The van der Waals surface area contributed by atoms with E-state index in [4.69, 9.17) is 4.74 Å². The van der Waals surface area contributed by atoms with Crippen LogP contribution in [0.3, 0.4) is 0 Å². The standard InChI is InChI=1S/C16H18IO/c1-11-10-12(2)16(18-4)13(3)15(11)17-14-8-6-5-7-9-14/h5-10H,1-4H3/q+1. The molecule has 0 fully saturated rings. The first kappa shape index (κ1) is 13.4. The van der Waals surface area contributed by atoms with Crippen LogP contribution in [-0.4, -0.2) is 7.11 Å². The molecule has 2 aromatic carbocycles. The van der Waals surface area contributed by atoms with Crippen LogP contribution in [0, 0.1) is 27.9 Å². The van der Waals surface area contributed by atoms with Crippen molar-refractivity contribution in [1.29, 1.82) is 0 Å². The fourth-order valence-electron chi connectivity index (χ4n) is 2.19. The quantitative estimate of drug-likeness (QED) is 0.740. The van der Waals surface area contributed by atoms with E-state index in [9.17, 15) is 0 Å². The average molecular weight is 353 g/mol. The summed E-state index contributed by atoms with van der Waals surface area (Å²) in [4.78, 5) is 0. The lowest BCUT2D eigenvalue weighted by atomic mass is 10.1. The highest BCUT2D eigenvalue weighted by molar-refractivity contribution is 5.42. The zero-order valence-corrected chi connectivity index (χ0v) is 13.4. The third-order valence-corrected chi connectivity index (χ3v) is 6.49. The van der Waals surface area contributed by atoms with Crippen molar-refractivity contribution in [2.45, 2.75) is 20.8 Å². The van der Waals surface area contributed by atoms with Crippen molar-refractivity contribution in [2.75, 3.05) is 7.11 Å². The van der Waals surface area contributed by atoms with E-state index in [-0.39, 0.29) is 21.2 Å². The molecule has 2 rings (SSSR count). The van der Waals surface area contributed by atoms with Gasteiger partial charge in [-0.15, -0.1) is 0 Å². The van der Waals surface area contributed by atoms with Gasteiger partial charge in [0.2, 0.25) is 3.57 Å². The molecule has 0 amide bonds. The summed E-state index contributed by atoms with van der Waals surface area (Å²) in [5, 5.41) is 0. The number of ether oxygens (including phenoxy) is 1. The molecule has 0 spiro atoms. The molecule has 0 N–H and O–H groups in total. The third kappa shape index (κ3) is 2.69. The highest BCUT2D eigenvalue weighted by Crippen LogP contribution is 2.24. The Kier molecular flexibility index (Phi) is 4.27. The Morgan fingerprint density at radius 1 is 0.944 bits per heavy atom. The first-order valence-electron chi connectivity index (χ1n) is 5.98. The van der Waals surface area contributed by atoms with Crippen LogP contribution in [-0.2, 0) is 0 Å². The molecule has 0 saturated heterocycles. The molecule has 0 saturated carbocycles. The zero-order valence-electron chi connectivity index (χ0n) is 11.3. The molecular formula is C16H18IO+. The van der Waals surface area contributed by atoms with Crippen molar-refractivity contribution in [3.8, 4) is 5.75 Å². The number of methoxy groups -OCH3 is 1. The fraction of sp³-hybridized carbons (Fsp3) is 0.250. The summed E-state index contributed by atoms with van der Waals surface area (Å²) < 4.78 is 8.47. The van der Waals surface area contributed by atoms with Gasteiger partial charge < -0.3 is 4.74 Å². The summed E-state index contributed by atoms with van der Waals surface area (Å²) in [5.74, 6) is 1.05. The number of hydrogen-bond acceptors (Lipinski definition) is 1. The van der Waals surface area contributed by atoms with Gasteiger partial charge in [0, 0.05) is 11.1 Å². The number of rotatable bonds is 3. The van der Waals surface area contributed by atoms with Crippen LogP contribution >= 0.6 is 0 Å². The third-order valence-electron chi connectivity index (χ3n) is 2.95. The smallest absolute Gasteiger partial charge is 0.358 e. The number of hydrogen-bond donors (Lipinski definition) is 0. The lowest BCUT2D eigenvalue weighted by molar-refractivity contribution is -0.598. The second kappa shape index (κ2) is 5.74. The van der Waals surface area contributed by atoms with Crippen LogP contribution in [0.1, 0.15) is 16.7 Å². The van der Waals surface area contributed by atoms with Gasteiger partial charge in [0.1, 0.15) is 5.75 Å². The van der Waals surface area contributed by atoms with Gasteiger partial charge in [-0.25, -0.2) is 0 Å². The van der Waals surface area contributed by atoms with E-state index < -0.39 is 0 Å². The second-order valence-electron chi connectivity index (χ2n) is 4.37. The Labute approximate surface area is 119 Å². The van der Waals surface area contributed by atoms with Gasteiger partial charge in [0.25, 0.3) is 0 Å². The average Bonchev–Trinajstić information content (AvgIpc) is 2.36. The molecule has 0 aromatic heterocycles. The normalized spacial score (nSPS) is 10.4. The summed E-state index contributed by atoms with van der Waals surface area (Å²) in [5.41, 5.74) is 3.93. The highest BCUT2D eigenvalue weighted by atomic mass is 127. The van der Waals surface area contributed by atoms with Crippen LogP contribution < -0.4 is 25.9 Å². The first-order chi connectivity index (χ1) is 8.63. The van der Waals surface area contributed by atoms with Crippen molar-refractivity contribution >= 4 is 0 Å². The monoisotopic (exact) mass is 353 g/mol. The summed E-state index contributed by atoms with van der Waals surface area (Å²) in [6.45, 7) is 6.50. The molecule has 0 aliphatic carbocycles. The molecule has 0 unspecified atom stereocenters. The molecule has 0 aliphatic rings. The van der Waals surface area contributed by atoms with Crippen LogP contribution in [0.4, 0.5) is 0 Å². The maximum atomic E-state index is 5.53. The lowest BCUT2D eigenvalue weighted by Gasteiger charge is -2.09. The van der Waals surface area contributed by atoms with Gasteiger partial charge in [-0.05, 0) is 44.5 Å². The van der Waals surface area contributed by atoms with E-state index in [1.807, 2.05) is 0 Å². The van der Waals surface area contributed by atoms with Gasteiger partial charge in [-0.1, -0.05) is 18.2 Å². The van der Waals surface area contributed by atoms with E-state index >= 15 is 0 Å². The van der Waals surface area contributed by atoms with E-state index in [2.05, 4.69) is 57.2 Å². The summed E-state index contributed by atoms with van der Waals surface area (Å²) in [6, 6.07) is 13.0. The second-order valence-corrected chi connectivity index (χ2v) is 7.24. The molecule has 2 heteroatoms. The lowest BCUT2D eigenvalue weighted by Crippen LogP contribution is -3.62. The topological polar surface area (TPSA) is 9.23 Å². The molecule has 0 aliphatic heterocycles. The Balaban J connectivity index is 2.45. The highest BCUT2D eigenvalue weighted by Gasteiger charge is 2.24. The molecular weight excluding hydrogens is 335 g/mol. The molecule has 94 valence electrons. The predicted octanol–water partition coefficient (Wildman–Crippen LogP) is 0.749. The van der Waals surface area contributed by atoms with Gasteiger partial charge in [-0.3, -0.25) is 0 Å². The maximum absolute atomic E-state index is 5.53. The molecule has 0 atom stereocenters. The summed E-state index contributed by atoms with van der Waals surface area (Å²) in [6.07, 6.45) is 0. The van der Waals surface area contributed by atoms with Crippen LogP contribution in [0.15, 0.2) is 36.4 Å². The van der Waals surface area contributed by atoms with Crippen molar-refractivity contribution < 1.29 is 25.9 Å². The van der Waals surface area contributed by atoms with E-state index in [1.165, 1.54) is 23.8 Å². The Bertz CT molecular complexity index is 547. The van der Waals surface area contributed by atoms with E-state index in [0.717, 1.165) is 5.75 Å². The van der Waals surface area contributed by atoms with E-state index in [0.29, 0.717) is 0 Å². The Hall–Kier alpha value is -1.03. The SMILES string of the molecule is COc1c(C)cc(C)c([I+]c2ccccc2)c1C. The predicted molar refractivity (Wildman–Crippen MR) is 71.0 cm³/mol. The van der Waals surface area contributed by atoms with E-state index in [1.54, 1.807) is 7.11 Å².